The zero-order valence-corrected chi connectivity index (χ0v) is 12.8. The summed E-state index contributed by atoms with van der Waals surface area (Å²) in [7, 11) is 1.71. The number of rotatable bonds is 4. The number of nitrogens with one attached hydrogen (secondary N) is 2. The number of non-ortho nitro benzene ring substituents is 1. The van der Waals surface area contributed by atoms with E-state index in [0.717, 1.165) is 5.69 Å². The quantitative estimate of drug-likeness (QED) is 0.610. The molecule has 0 aliphatic rings. The molecule has 2 rings (SSSR count). The minimum absolute atomic E-state index is 0.0116. The largest absolute Gasteiger partial charge is 0.388 e. The van der Waals surface area contributed by atoms with Gasteiger partial charge >= 0.3 is 0 Å². The van der Waals surface area contributed by atoms with Gasteiger partial charge in [-0.1, -0.05) is 17.7 Å². The Hall–Kier alpha value is -1.79. The minimum Gasteiger partial charge on any atom is -0.388 e. The maximum Gasteiger partial charge on any atom is 0.273 e. The lowest BCUT2D eigenvalue weighted by Crippen LogP contribution is -1.97. The predicted molar refractivity (Wildman–Crippen MR) is 85.1 cm³/mol. The molecule has 0 aliphatic heterocycles. The molecule has 0 spiro atoms. The van der Waals surface area contributed by atoms with Gasteiger partial charge in [-0.2, -0.15) is 0 Å². The van der Waals surface area contributed by atoms with Gasteiger partial charge in [0.15, 0.2) is 0 Å². The molecular formula is C13H11BrClN3O2. The van der Waals surface area contributed by atoms with Gasteiger partial charge in [0.1, 0.15) is 0 Å². The van der Waals surface area contributed by atoms with Crippen molar-refractivity contribution in [3.63, 3.8) is 0 Å². The summed E-state index contributed by atoms with van der Waals surface area (Å²) in [6.45, 7) is 0. The average Bonchev–Trinajstić information content (AvgIpc) is 2.43. The van der Waals surface area contributed by atoms with Crippen LogP contribution < -0.4 is 10.6 Å². The SMILES string of the molecule is CNc1cc(Nc2cccc(Cl)c2Br)cc([N+](=O)[O-])c1. The van der Waals surface area contributed by atoms with Crippen LogP contribution in [-0.2, 0) is 0 Å². The zero-order chi connectivity index (χ0) is 14.7. The third-order valence-electron chi connectivity index (χ3n) is 2.65. The number of nitro groups is 1. The molecule has 0 saturated heterocycles. The Morgan fingerprint density at radius 2 is 1.95 bits per heavy atom. The van der Waals surface area contributed by atoms with Crippen molar-refractivity contribution < 1.29 is 4.92 Å². The third kappa shape index (κ3) is 3.20. The first-order valence-corrected chi connectivity index (χ1v) is 6.86. The molecule has 7 heteroatoms. The lowest BCUT2D eigenvalue weighted by atomic mass is 10.2. The molecule has 0 saturated carbocycles. The van der Waals surface area contributed by atoms with Crippen LogP contribution in [0.4, 0.5) is 22.7 Å². The van der Waals surface area contributed by atoms with Crippen molar-refractivity contribution in [3.8, 4) is 0 Å². The van der Waals surface area contributed by atoms with Crippen molar-refractivity contribution in [2.45, 2.75) is 0 Å². The topological polar surface area (TPSA) is 67.2 Å². The lowest BCUT2D eigenvalue weighted by Gasteiger charge is -2.11. The summed E-state index contributed by atoms with van der Waals surface area (Å²) < 4.78 is 0.708. The molecule has 0 amide bonds. The summed E-state index contributed by atoms with van der Waals surface area (Å²) in [6.07, 6.45) is 0. The molecule has 0 aliphatic carbocycles. The minimum atomic E-state index is -0.432. The van der Waals surface area contributed by atoms with Gasteiger partial charge in [0.05, 0.1) is 20.1 Å². The van der Waals surface area contributed by atoms with Crippen LogP contribution in [0.3, 0.4) is 0 Å². The van der Waals surface area contributed by atoms with Crippen molar-refractivity contribution in [2.75, 3.05) is 17.7 Å². The number of halogens is 2. The van der Waals surface area contributed by atoms with Crippen LogP contribution in [0.5, 0.6) is 0 Å². The van der Waals surface area contributed by atoms with E-state index in [-0.39, 0.29) is 5.69 Å². The van der Waals surface area contributed by atoms with Crippen molar-refractivity contribution in [2.24, 2.45) is 0 Å². The number of benzene rings is 2. The first-order valence-electron chi connectivity index (χ1n) is 5.69. The Labute approximate surface area is 129 Å². The van der Waals surface area contributed by atoms with Gasteiger partial charge in [-0.05, 0) is 34.1 Å². The lowest BCUT2D eigenvalue weighted by molar-refractivity contribution is -0.384. The molecule has 0 bridgehead atoms. The highest BCUT2D eigenvalue weighted by Gasteiger charge is 2.11. The predicted octanol–water partition coefficient (Wildman–Crippen LogP) is 4.80. The highest BCUT2D eigenvalue weighted by molar-refractivity contribution is 9.10. The maximum absolute atomic E-state index is 10.9. The Kier molecular flexibility index (Phi) is 4.46. The van der Waals surface area contributed by atoms with Gasteiger partial charge < -0.3 is 10.6 Å². The zero-order valence-electron chi connectivity index (χ0n) is 10.5. The van der Waals surface area contributed by atoms with Gasteiger partial charge in [0.25, 0.3) is 5.69 Å². The molecule has 0 heterocycles. The smallest absolute Gasteiger partial charge is 0.273 e. The van der Waals surface area contributed by atoms with E-state index in [9.17, 15) is 10.1 Å². The highest BCUT2D eigenvalue weighted by Crippen LogP contribution is 2.33. The monoisotopic (exact) mass is 355 g/mol. The Morgan fingerprint density at radius 3 is 2.60 bits per heavy atom. The molecule has 20 heavy (non-hydrogen) atoms. The molecule has 5 nitrogen and oxygen atoms in total. The fraction of sp³-hybridized carbons (Fsp3) is 0.0769. The van der Waals surface area contributed by atoms with Crippen LogP contribution in [0, 0.1) is 10.1 Å². The average molecular weight is 357 g/mol. The number of hydrogen-bond acceptors (Lipinski definition) is 4. The maximum atomic E-state index is 10.9. The third-order valence-corrected chi connectivity index (χ3v) is 4.05. The van der Waals surface area contributed by atoms with Gasteiger partial charge in [-0.3, -0.25) is 10.1 Å². The summed E-state index contributed by atoms with van der Waals surface area (Å²) in [5, 5.41) is 17.5. The van der Waals surface area contributed by atoms with Crippen LogP contribution in [0.1, 0.15) is 0 Å². The van der Waals surface area contributed by atoms with Crippen LogP contribution in [-0.4, -0.2) is 12.0 Å². The number of hydrogen-bond donors (Lipinski definition) is 2. The Bertz CT molecular complexity index is 664. The number of nitro benzene ring substituents is 1. The molecule has 2 aromatic rings. The fourth-order valence-electron chi connectivity index (χ4n) is 1.69. The molecule has 104 valence electrons. The van der Waals surface area contributed by atoms with E-state index in [1.807, 2.05) is 6.07 Å². The summed E-state index contributed by atoms with van der Waals surface area (Å²) in [5.74, 6) is 0. The second-order valence-corrected chi connectivity index (χ2v) is 5.20. The summed E-state index contributed by atoms with van der Waals surface area (Å²) in [4.78, 5) is 10.5. The highest BCUT2D eigenvalue weighted by atomic mass is 79.9. The molecule has 0 aromatic heterocycles. The molecular weight excluding hydrogens is 346 g/mol. The summed E-state index contributed by atoms with van der Waals surface area (Å²) >= 11 is 9.39. The van der Waals surface area contributed by atoms with E-state index in [0.29, 0.717) is 20.9 Å². The molecule has 0 atom stereocenters. The fourth-order valence-corrected chi connectivity index (χ4v) is 2.23. The first kappa shape index (κ1) is 14.6. The molecule has 0 fully saturated rings. The number of anilines is 3. The second-order valence-electron chi connectivity index (χ2n) is 4.00. The van der Waals surface area contributed by atoms with Crippen LogP contribution in [0.25, 0.3) is 0 Å². The van der Waals surface area contributed by atoms with Crippen LogP contribution >= 0.6 is 27.5 Å². The summed E-state index contributed by atoms with van der Waals surface area (Å²) in [6, 6.07) is 10.1. The van der Waals surface area contributed by atoms with Crippen LogP contribution in [0.2, 0.25) is 5.02 Å². The van der Waals surface area contributed by atoms with Crippen molar-refractivity contribution in [3.05, 3.63) is 56.0 Å². The normalized spacial score (nSPS) is 10.2. The first-order chi connectivity index (χ1) is 9.51. The van der Waals surface area contributed by atoms with E-state index >= 15 is 0 Å². The molecule has 2 N–H and O–H groups in total. The Morgan fingerprint density at radius 1 is 1.25 bits per heavy atom. The second kappa shape index (κ2) is 6.11. The van der Waals surface area contributed by atoms with Crippen molar-refractivity contribution >= 4 is 50.3 Å². The van der Waals surface area contributed by atoms with Gasteiger partial charge in [-0.25, -0.2) is 0 Å². The van der Waals surface area contributed by atoms with E-state index in [1.165, 1.54) is 12.1 Å². The number of nitrogens with zero attached hydrogens (tertiary/aromatic N) is 1. The van der Waals surface area contributed by atoms with E-state index < -0.39 is 4.92 Å². The van der Waals surface area contributed by atoms with Crippen molar-refractivity contribution in [1.29, 1.82) is 0 Å². The van der Waals surface area contributed by atoms with E-state index in [2.05, 4.69) is 26.6 Å². The molecule has 2 aromatic carbocycles. The Balaban J connectivity index is 2.40. The van der Waals surface area contributed by atoms with Crippen LogP contribution in [0.15, 0.2) is 40.9 Å². The standard InChI is InChI=1S/C13H11BrClN3O2/c1-16-8-5-9(7-10(6-8)18(19)20)17-12-4-2-3-11(15)13(12)14/h2-7,16-17H,1H3. The van der Waals surface area contributed by atoms with E-state index in [4.69, 9.17) is 11.6 Å². The molecule has 0 unspecified atom stereocenters. The van der Waals surface area contributed by atoms with E-state index in [1.54, 1.807) is 25.2 Å². The van der Waals surface area contributed by atoms with Gasteiger partial charge in [0, 0.05) is 30.6 Å². The summed E-state index contributed by atoms with van der Waals surface area (Å²) in [5.41, 5.74) is 2.00. The van der Waals surface area contributed by atoms with Gasteiger partial charge in [-0.15, -0.1) is 0 Å². The van der Waals surface area contributed by atoms with Gasteiger partial charge in [0.2, 0.25) is 0 Å². The molecule has 0 radical (unpaired) electrons. The van der Waals surface area contributed by atoms with Crippen molar-refractivity contribution in [1.82, 2.24) is 0 Å².